The first-order valence-electron chi connectivity index (χ1n) is 6.40. The monoisotopic (exact) mass is 263 g/mol. The Morgan fingerprint density at radius 2 is 2.15 bits per heavy atom. The molecular formula is C15H13N5. The number of nitrogens with one attached hydrogen (secondary N) is 1. The fourth-order valence-corrected chi connectivity index (χ4v) is 2.57. The van der Waals surface area contributed by atoms with Gasteiger partial charge in [0.25, 0.3) is 0 Å². The third-order valence-electron chi connectivity index (χ3n) is 3.50. The van der Waals surface area contributed by atoms with Gasteiger partial charge in [-0.3, -0.25) is 9.38 Å². The summed E-state index contributed by atoms with van der Waals surface area (Å²) < 4.78 is 1.99. The second-order valence-electron chi connectivity index (χ2n) is 4.87. The van der Waals surface area contributed by atoms with Crippen LogP contribution in [0, 0.1) is 6.92 Å². The first-order chi connectivity index (χ1) is 9.72. The van der Waals surface area contributed by atoms with Crippen LogP contribution in [0.2, 0.25) is 0 Å². The minimum Gasteiger partial charge on any atom is -0.398 e. The molecule has 0 aliphatic carbocycles. The molecule has 0 atom stereocenters. The molecule has 0 bridgehead atoms. The number of aromatic nitrogens is 4. The van der Waals surface area contributed by atoms with Gasteiger partial charge in [-0.2, -0.15) is 0 Å². The van der Waals surface area contributed by atoms with Crippen LogP contribution in [0.25, 0.3) is 27.9 Å². The number of nitrogens with two attached hydrogens (primary N) is 1. The van der Waals surface area contributed by atoms with Crippen molar-refractivity contribution in [3.05, 3.63) is 48.5 Å². The maximum Gasteiger partial charge on any atom is 0.137 e. The lowest BCUT2D eigenvalue weighted by Gasteiger charge is -2.04. The summed E-state index contributed by atoms with van der Waals surface area (Å²) >= 11 is 0. The van der Waals surface area contributed by atoms with Crippen molar-refractivity contribution >= 4 is 22.2 Å². The minimum atomic E-state index is 0.707. The highest BCUT2D eigenvalue weighted by molar-refractivity contribution is 5.83. The molecular weight excluding hydrogens is 250 g/mol. The Kier molecular flexibility index (Phi) is 2.12. The molecule has 3 N–H and O–H groups in total. The van der Waals surface area contributed by atoms with E-state index in [1.807, 2.05) is 48.1 Å². The van der Waals surface area contributed by atoms with Gasteiger partial charge >= 0.3 is 0 Å². The van der Waals surface area contributed by atoms with Crippen molar-refractivity contribution in [3.8, 4) is 11.4 Å². The molecule has 0 saturated carbocycles. The number of rotatable bonds is 1. The zero-order valence-electron chi connectivity index (χ0n) is 11.0. The Labute approximate surface area is 115 Å². The van der Waals surface area contributed by atoms with E-state index in [-0.39, 0.29) is 0 Å². The highest BCUT2D eigenvalue weighted by Gasteiger charge is 2.12. The summed E-state index contributed by atoms with van der Waals surface area (Å²) in [5.41, 5.74) is 11.3. The molecule has 20 heavy (non-hydrogen) atoms. The summed E-state index contributed by atoms with van der Waals surface area (Å²) in [6.07, 6.45) is 5.64. The van der Waals surface area contributed by atoms with Crippen molar-refractivity contribution in [3.63, 3.8) is 0 Å². The minimum absolute atomic E-state index is 0.707. The second kappa shape index (κ2) is 3.84. The van der Waals surface area contributed by atoms with Crippen LogP contribution in [0.3, 0.4) is 0 Å². The number of aryl methyl sites for hydroxylation is 1. The Balaban J connectivity index is 2.05. The normalized spacial score (nSPS) is 11.4. The quantitative estimate of drug-likeness (QED) is 0.554. The van der Waals surface area contributed by atoms with Crippen LogP contribution in [-0.2, 0) is 0 Å². The van der Waals surface area contributed by atoms with Gasteiger partial charge in [0.2, 0.25) is 0 Å². The molecule has 0 spiro atoms. The van der Waals surface area contributed by atoms with Crippen LogP contribution >= 0.6 is 0 Å². The highest BCUT2D eigenvalue weighted by atomic mass is 15.0. The number of imidazole rings is 1. The number of aromatic amines is 1. The predicted octanol–water partition coefficient (Wildman–Crippen LogP) is 2.77. The van der Waals surface area contributed by atoms with E-state index >= 15 is 0 Å². The van der Waals surface area contributed by atoms with Crippen molar-refractivity contribution in [1.29, 1.82) is 0 Å². The molecule has 4 heterocycles. The fraction of sp³-hybridized carbons (Fsp3) is 0.0667. The SMILES string of the molecule is Cc1nc2ccc(N)cn2c1-c1cc2cc[nH]c2cn1. The summed E-state index contributed by atoms with van der Waals surface area (Å²) in [6, 6.07) is 7.87. The van der Waals surface area contributed by atoms with Crippen molar-refractivity contribution in [1.82, 2.24) is 19.4 Å². The van der Waals surface area contributed by atoms with E-state index in [1.54, 1.807) is 0 Å². The molecule has 0 unspecified atom stereocenters. The molecule has 5 nitrogen and oxygen atoms in total. The Morgan fingerprint density at radius 3 is 3.05 bits per heavy atom. The summed E-state index contributed by atoms with van der Waals surface area (Å²) in [5.74, 6) is 0. The van der Waals surface area contributed by atoms with Gasteiger partial charge in [0.05, 0.1) is 28.8 Å². The van der Waals surface area contributed by atoms with Crippen molar-refractivity contribution < 1.29 is 0 Å². The van der Waals surface area contributed by atoms with Crippen LogP contribution in [0.4, 0.5) is 5.69 Å². The number of H-pyrrole nitrogens is 1. The van der Waals surface area contributed by atoms with Gasteiger partial charge in [-0.1, -0.05) is 0 Å². The first-order valence-corrected chi connectivity index (χ1v) is 6.40. The molecule has 0 aromatic carbocycles. The predicted molar refractivity (Wildman–Crippen MR) is 79.4 cm³/mol. The lowest BCUT2D eigenvalue weighted by atomic mass is 10.2. The maximum atomic E-state index is 5.88. The molecule has 4 rings (SSSR count). The summed E-state index contributed by atoms with van der Waals surface area (Å²) in [4.78, 5) is 12.2. The van der Waals surface area contributed by atoms with Crippen molar-refractivity contribution in [2.45, 2.75) is 6.92 Å². The van der Waals surface area contributed by atoms with Gasteiger partial charge < -0.3 is 10.7 Å². The Morgan fingerprint density at radius 1 is 1.25 bits per heavy atom. The average Bonchev–Trinajstić information content (AvgIpc) is 3.00. The van der Waals surface area contributed by atoms with Crippen LogP contribution in [-0.4, -0.2) is 19.4 Å². The largest absolute Gasteiger partial charge is 0.398 e. The molecule has 0 fully saturated rings. The van der Waals surface area contributed by atoms with Crippen molar-refractivity contribution in [2.75, 3.05) is 5.73 Å². The third kappa shape index (κ3) is 1.50. The van der Waals surface area contributed by atoms with Gasteiger partial charge in [0.1, 0.15) is 5.65 Å². The molecule has 98 valence electrons. The molecule has 0 amide bonds. The van der Waals surface area contributed by atoms with Gasteiger partial charge in [0, 0.05) is 23.5 Å². The number of hydrogen-bond acceptors (Lipinski definition) is 3. The number of nitrogen functional groups attached to an aromatic ring is 1. The number of pyridine rings is 2. The van der Waals surface area contributed by atoms with Gasteiger partial charge in [-0.25, -0.2) is 4.98 Å². The zero-order valence-corrected chi connectivity index (χ0v) is 11.0. The topological polar surface area (TPSA) is 72.0 Å². The standard InChI is InChI=1S/C15H13N5/c1-9-15(20-8-11(16)2-3-14(20)19-9)12-6-10-4-5-17-13(10)7-18-12/h2-8,17H,16H2,1H3. The smallest absolute Gasteiger partial charge is 0.137 e. The second-order valence-corrected chi connectivity index (χ2v) is 4.87. The third-order valence-corrected chi connectivity index (χ3v) is 3.50. The van der Waals surface area contributed by atoms with E-state index in [9.17, 15) is 0 Å². The van der Waals surface area contributed by atoms with Crippen LogP contribution in [0.5, 0.6) is 0 Å². The number of fused-ring (bicyclic) bond motifs is 2. The molecule has 0 radical (unpaired) electrons. The van der Waals surface area contributed by atoms with Gasteiger partial charge in [0.15, 0.2) is 0 Å². The van der Waals surface area contributed by atoms with E-state index < -0.39 is 0 Å². The summed E-state index contributed by atoms with van der Waals surface area (Å²) in [6.45, 7) is 1.99. The molecule has 0 aliphatic rings. The van der Waals surface area contributed by atoms with E-state index in [0.717, 1.165) is 33.6 Å². The Hall–Kier alpha value is -2.82. The zero-order chi connectivity index (χ0) is 13.7. The number of hydrogen-bond donors (Lipinski definition) is 2. The van der Waals surface area contributed by atoms with Crippen LogP contribution in [0.1, 0.15) is 5.69 Å². The lowest BCUT2D eigenvalue weighted by molar-refractivity contribution is 1.17. The molecule has 4 aromatic heterocycles. The average molecular weight is 263 g/mol. The Bertz CT molecular complexity index is 932. The van der Waals surface area contributed by atoms with Gasteiger partial charge in [-0.15, -0.1) is 0 Å². The maximum absolute atomic E-state index is 5.88. The fourth-order valence-electron chi connectivity index (χ4n) is 2.57. The number of anilines is 1. The van der Waals surface area contributed by atoms with Gasteiger partial charge in [-0.05, 0) is 31.2 Å². The van der Waals surface area contributed by atoms with E-state index in [2.05, 4.69) is 21.0 Å². The molecule has 0 aliphatic heterocycles. The summed E-state index contributed by atoms with van der Waals surface area (Å²) in [5, 5.41) is 1.13. The van der Waals surface area contributed by atoms with E-state index in [4.69, 9.17) is 5.73 Å². The van der Waals surface area contributed by atoms with E-state index in [0.29, 0.717) is 5.69 Å². The summed E-state index contributed by atoms with van der Waals surface area (Å²) in [7, 11) is 0. The van der Waals surface area contributed by atoms with Crippen LogP contribution in [0.15, 0.2) is 42.9 Å². The molecule has 4 aromatic rings. The first kappa shape index (κ1) is 11.0. The molecule has 5 heteroatoms. The van der Waals surface area contributed by atoms with E-state index in [1.165, 1.54) is 0 Å². The van der Waals surface area contributed by atoms with Crippen LogP contribution < -0.4 is 5.73 Å². The lowest BCUT2D eigenvalue weighted by Crippen LogP contribution is -1.94. The highest BCUT2D eigenvalue weighted by Crippen LogP contribution is 2.26. The van der Waals surface area contributed by atoms with Crippen molar-refractivity contribution in [2.24, 2.45) is 0 Å². The molecule has 0 saturated heterocycles. The number of nitrogens with zero attached hydrogens (tertiary/aromatic N) is 3.